The highest BCUT2D eigenvalue weighted by Gasteiger charge is 2.30. The van der Waals surface area contributed by atoms with Gasteiger partial charge in [0.2, 0.25) is 0 Å². The van der Waals surface area contributed by atoms with Gasteiger partial charge in [-0.2, -0.15) is 0 Å². The first-order valence-electron chi connectivity index (χ1n) is 8.54. The first kappa shape index (κ1) is 14.9. The number of likely N-dealkylation sites (tertiary alicyclic amines) is 1. The predicted octanol–water partition coefficient (Wildman–Crippen LogP) is 2.94. The fraction of sp³-hybridized carbons (Fsp3) is 0.667. The second-order valence-electron chi connectivity index (χ2n) is 6.70. The highest BCUT2D eigenvalue weighted by Crippen LogP contribution is 2.34. The van der Waals surface area contributed by atoms with Crippen LogP contribution in [0.25, 0.3) is 0 Å². The summed E-state index contributed by atoms with van der Waals surface area (Å²) in [5, 5.41) is 0. The molecule has 0 saturated carbocycles. The van der Waals surface area contributed by atoms with Crippen molar-refractivity contribution >= 4 is 5.69 Å². The largest absolute Gasteiger partial charge is 0.374 e. The fourth-order valence-electron chi connectivity index (χ4n) is 4.08. The van der Waals surface area contributed by atoms with Crippen molar-refractivity contribution in [3.63, 3.8) is 0 Å². The van der Waals surface area contributed by atoms with Crippen LogP contribution in [0.5, 0.6) is 0 Å². The maximum absolute atomic E-state index is 6.48. The summed E-state index contributed by atoms with van der Waals surface area (Å²) in [5.74, 6) is 0. The van der Waals surface area contributed by atoms with Crippen LogP contribution in [0.1, 0.15) is 49.8 Å². The molecule has 3 heteroatoms. The van der Waals surface area contributed by atoms with Gasteiger partial charge in [0.15, 0.2) is 0 Å². The molecule has 2 unspecified atom stereocenters. The monoisotopic (exact) mass is 287 g/mol. The third kappa shape index (κ3) is 2.95. The van der Waals surface area contributed by atoms with Gasteiger partial charge < -0.3 is 10.6 Å². The Morgan fingerprint density at radius 2 is 2.10 bits per heavy atom. The van der Waals surface area contributed by atoms with E-state index in [1.165, 1.54) is 55.6 Å². The Labute approximate surface area is 129 Å². The summed E-state index contributed by atoms with van der Waals surface area (Å²) in [6.45, 7) is 5.80. The minimum Gasteiger partial charge on any atom is -0.374 e. The second-order valence-corrected chi connectivity index (χ2v) is 6.70. The summed E-state index contributed by atoms with van der Waals surface area (Å²) in [4.78, 5) is 4.98. The van der Waals surface area contributed by atoms with Gasteiger partial charge >= 0.3 is 0 Å². The number of hydrogen-bond acceptors (Lipinski definition) is 3. The lowest BCUT2D eigenvalue weighted by molar-refractivity contribution is 0.128. The molecular formula is C18H29N3. The average molecular weight is 287 g/mol. The molecule has 2 atom stereocenters. The zero-order valence-electron chi connectivity index (χ0n) is 13.5. The Hall–Kier alpha value is -1.06. The maximum Gasteiger partial charge on any atom is 0.0499 e. The summed E-state index contributed by atoms with van der Waals surface area (Å²) in [6, 6.07) is 7.76. The van der Waals surface area contributed by atoms with Crippen molar-refractivity contribution in [1.29, 1.82) is 0 Å². The number of piperidine rings is 1. The molecule has 21 heavy (non-hydrogen) atoms. The molecule has 1 aromatic carbocycles. The van der Waals surface area contributed by atoms with E-state index in [4.69, 9.17) is 5.73 Å². The van der Waals surface area contributed by atoms with E-state index in [2.05, 4.69) is 42.0 Å². The molecule has 116 valence electrons. The number of nitrogens with two attached hydrogens (primary N) is 1. The normalized spacial score (nSPS) is 26.7. The lowest BCUT2D eigenvalue weighted by Crippen LogP contribution is -2.46. The molecule has 0 amide bonds. The summed E-state index contributed by atoms with van der Waals surface area (Å²) >= 11 is 0. The molecule has 0 radical (unpaired) electrons. The molecule has 0 spiro atoms. The summed E-state index contributed by atoms with van der Waals surface area (Å²) in [5.41, 5.74) is 10.8. The molecule has 1 saturated heterocycles. The van der Waals surface area contributed by atoms with Crippen molar-refractivity contribution in [2.45, 2.75) is 51.1 Å². The Kier molecular flexibility index (Phi) is 4.51. The average Bonchev–Trinajstić information content (AvgIpc) is 2.48. The molecule has 2 aliphatic rings. The molecule has 0 aromatic heterocycles. The summed E-state index contributed by atoms with van der Waals surface area (Å²) in [7, 11) is 2.20. The van der Waals surface area contributed by atoms with E-state index in [1.807, 2.05) is 0 Å². The summed E-state index contributed by atoms with van der Waals surface area (Å²) in [6.07, 6.45) is 6.08. The smallest absolute Gasteiger partial charge is 0.0499 e. The molecule has 1 fully saturated rings. The van der Waals surface area contributed by atoms with Crippen molar-refractivity contribution in [3.05, 3.63) is 29.3 Å². The van der Waals surface area contributed by atoms with Crippen molar-refractivity contribution in [2.24, 2.45) is 5.73 Å². The zero-order chi connectivity index (χ0) is 14.8. The van der Waals surface area contributed by atoms with Crippen molar-refractivity contribution < 1.29 is 0 Å². The number of fused-ring (bicyclic) bond motifs is 1. The van der Waals surface area contributed by atoms with E-state index in [-0.39, 0.29) is 6.04 Å². The van der Waals surface area contributed by atoms with Gasteiger partial charge in [-0.05, 0) is 62.4 Å². The summed E-state index contributed by atoms with van der Waals surface area (Å²) < 4.78 is 0. The molecule has 1 aromatic rings. The molecule has 0 aliphatic carbocycles. The van der Waals surface area contributed by atoms with E-state index >= 15 is 0 Å². The zero-order valence-corrected chi connectivity index (χ0v) is 13.5. The van der Waals surface area contributed by atoms with Crippen LogP contribution in [0.3, 0.4) is 0 Å². The van der Waals surface area contributed by atoms with Crippen LogP contribution in [0, 0.1) is 0 Å². The van der Waals surface area contributed by atoms with Crippen LogP contribution >= 0.6 is 0 Å². The van der Waals surface area contributed by atoms with Gasteiger partial charge in [-0.25, -0.2) is 0 Å². The molecule has 3 rings (SSSR count). The molecular weight excluding hydrogens is 258 g/mol. The van der Waals surface area contributed by atoms with Crippen LogP contribution in [0.15, 0.2) is 18.2 Å². The van der Waals surface area contributed by atoms with Gasteiger partial charge in [-0.3, -0.25) is 4.90 Å². The number of hydrogen-bond donors (Lipinski definition) is 1. The third-order valence-corrected chi connectivity index (χ3v) is 5.09. The SMILES string of the molecule is CCCN1CCCC(N)C1c1ccc2c(c1)CCCN2C. The number of rotatable bonds is 3. The Morgan fingerprint density at radius 3 is 2.90 bits per heavy atom. The van der Waals surface area contributed by atoms with Crippen molar-refractivity contribution in [1.82, 2.24) is 4.90 Å². The Balaban J connectivity index is 1.90. The van der Waals surface area contributed by atoms with Gasteiger partial charge in [0.05, 0.1) is 0 Å². The Bertz CT molecular complexity index is 483. The number of benzene rings is 1. The highest BCUT2D eigenvalue weighted by atomic mass is 15.2. The molecule has 3 nitrogen and oxygen atoms in total. The van der Waals surface area contributed by atoms with E-state index in [0.717, 1.165) is 13.0 Å². The van der Waals surface area contributed by atoms with Crippen molar-refractivity contribution in [3.8, 4) is 0 Å². The van der Waals surface area contributed by atoms with Gasteiger partial charge in [0.1, 0.15) is 0 Å². The molecule has 2 N–H and O–H groups in total. The van der Waals surface area contributed by atoms with Crippen LogP contribution in [-0.4, -0.2) is 37.6 Å². The van der Waals surface area contributed by atoms with Crippen LogP contribution in [-0.2, 0) is 6.42 Å². The number of aryl methyl sites for hydroxylation is 1. The van der Waals surface area contributed by atoms with E-state index in [1.54, 1.807) is 0 Å². The first-order chi connectivity index (χ1) is 10.2. The van der Waals surface area contributed by atoms with E-state index in [9.17, 15) is 0 Å². The standard InChI is InChI=1S/C18H29N3/c1-3-10-21-12-5-7-16(19)18(21)15-8-9-17-14(13-15)6-4-11-20(17)2/h8-9,13,16,18H,3-7,10-12,19H2,1-2H3. The van der Waals surface area contributed by atoms with Crippen LogP contribution in [0.2, 0.25) is 0 Å². The highest BCUT2D eigenvalue weighted by molar-refractivity contribution is 5.56. The maximum atomic E-state index is 6.48. The third-order valence-electron chi connectivity index (χ3n) is 5.09. The van der Waals surface area contributed by atoms with Crippen LogP contribution in [0.4, 0.5) is 5.69 Å². The van der Waals surface area contributed by atoms with Gasteiger partial charge in [0, 0.05) is 31.4 Å². The molecule has 2 aliphatic heterocycles. The first-order valence-corrected chi connectivity index (χ1v) is 8.54. The predicted molar refractivity (Wildman–Crippen MR) is 89.8 cm³/mol. The molecule has 2 heterocycles. The van der Waals surface area contributed by atoms with Crippen LogP contribution < -0.4 is 10.6 Å². The van der Waals surface area contributed by atoms with Gasteiger partial charge in [-0.15, -0.1) is 0 Å². The van der Waals surface area contributed by atoms with E-state index in [0.29, 0.717) is 6.04 Å². The quantitative estimate of drug-likeness (QED) is 0.928. The van der Waals surface area contributed by atoms with Gasteiger partial charge in [-0.1, -0.05) is 19.1 Å². The van der Waals surface area contributed by atoms with Crippen molar-refractivity contribution in [2.75, 3.05) is 31.6 Å². The molecule has 0 bridgehead atoms. The number of anilines is 1. The van der Waals surface area contributed by atoms with E-state index < -0.39 is 0 Å². The topological polar surface area (TPSA) is 32.5 Å². The lowest BCUT2D eigenvalue weighted by Gasteiger charge is -2.40. The number of nitrogens with zero attached hydrogens (tertiary/aromatic N) is 2. The lowest BCUT2D eigenvalue weighted by atomic mass is 9.88. The Morgan fingerprint density at radius 1 is 1.24 bits per heavy atom. The van der Waals surface area contributed by atoms with Gasteiger partial charge in [0.25, 0.3) is 0 Å². The minimum absolute atomic E-state index is 0.282. The minimum atomic E-state index is 0.282. The fourth-order valence-corrected chi connectivity index (χ4v) is 4.08. The second kappa shape index (κ2) is 6.37.